The molecular weight excluding hydrogens is 286 g/mol. The molecule has 1 aliphatic rings. The number of hydrogen-bond acceptors (Lipinski definition) is 4. The van der Waals surface area contributed by atoms with Gasteiger partial charge in [-0.1, -0.05) is 0 Å². The Labute approximate surface area is 126 Å². The van der Waals surface area contributed by atoms with Gasteiger partial charge in [0.1, 0.15) is 0 Å². The molecule has 0 bridgehead atoms. The predicted octanol–water partition coefficient (Wildman–Crippen LogP) is 1.82. The molecule has 1 aromatic carbocycles. The van der Waals surface area contributed by atoms with Gasteiger partial charge in [0.05, 0.1) is 4.88 Å². The Hall–Kier alpha value is -2.08. The number of carbonyl (C=O) groups is 2. The highest BCUT2D eigenvalue weighted by Gasteiger charge is 2.27. The van der Waals surface area contributed by atoms with Gasteiger partial charge in [-0.2, -0.15) is 0 Å². The van der Waals surface area contributed by atoms with Gasteiger partial charge in [-0.25, -0.2) is 0 Å². The van der Waals surface area contributed by atoms with Crippen molar-refractivity contribution in [3.05, 3.63) is 29.1 Å². The smallest absolute Gasteiger partial charge is 0.263 e. The summed E-state index contributed by atoms with van der Waals surface area (Å²) in [5.74, 6) is -0.339. The van der Waals surface area contributed by atoms with Crippen molar-refractivity contribution in [3.8, 4) is 0 Å². The van der Waals surface area contributed by atoms with Gasteiger partial charge >= 0.3 is 0 Å². The van der Waals surface area contributed by atoms with Crippen molar-refractivity contribution in [2.75, 3.05) is 18.8 Å². The van der Waals surface area contributed by atoms with Gasteiger partial charge in [-0.05, 0) is 42.5 Å². The molecule has 1 saturated heterocycles. The molecule has 0 saturated carbocycles. The van der Waals surface area contributed by atoms with Crippen LogP contribution in [0.4, 0.5) is 5.69 Å². The molecule has 1 fully saturated rings. The number of carbonyl (C=O) groups excluding carboxylic acids is 2. The summed E-state index contributed by atoms with van der Waals surface area (Å²) in [7, 11) is 0. The number of nitrogen functional groups attached to an aromatic ring is 1. The molecule has 0 radical (unpaired) electrons. The lowest BCUT2D eigenvalue weighted by Gasteiger charge is -2.30. The average molecular weight is 303 g/mol. The first kappa shape index (κ1) is 13.9. The van der Waals surface area contributed by atoms with E-state index >= 15 is 0 Å². The minimum absolute atomic E-state index is 0.0256. The topological polar surface area (TPSA) is 89.4 Å². The average Bonchev–Trinajstić information content (AvgIpc) is 2.89. The van der Waals surface area contributed by atoms with Crippen LogP contribution < -0.4 is 11.5 Å². The van der Waals surface area contributed by atoms with E-state index < -0.39 is 0 Å². The molecule has 1 aliphatic heterocycles. The van der Waals surface area contributed by atoms with Crippen molar-refractivity contribution in [2.45, 2.75) is 12.8 Å². The highest BCUT2D eigenvalue weighted by atomic mass is 32.1. The van der Waals surface area contributed by atoms with Crippen LogP contribution in [0.25, 0.3) is 10.1 Å². The number of fused-ring (bicyclic) bond motifs is 1. The van der Waals surface area contributed by atoms with E-state index in [1.165, 1.54) is 11.3 Å². The third-order valence-electron chi connectivity index (χ3n) is 3.94. The Morgan fingerprint density at radius 2 is 1.90 bits per heavy atom. The molecule has 2 amide bonds. The summed E-state index contributed by atoms with van der Waals surface area (Å²) in [6.07, 6.45) is 1.30. The molecule has 4 N–H and O–H groups in total. The van der Waals surface area contributed by atoms with Crippen LogP contribution in [0.3, 0.4) is 0 Å². The number of likely N-dealkylation sites (tertiary alicyclic amines) is 1. The molecule has 21 heavy (non-hydrogen) atoms. The number of anilines is 1. The second kappa shape index (κ2) is 5.37. The Bertz CT molecular complexity index is 702. The van der Waals surface area contributed by atoms with E-state index in [0.717, 1.165) is 10.1 Å². The first-order valence-corrected chi connectivity index (χ1v) is 7.74. The quantitative estimate of drug-likeness (QED) is 0.829. The maximum absolute atomic E-state index is 12.5. The van der Waals surface area contributed by atoms with Crippen LogP contribution in [0.5, 0.6) is 0 Å². The van der Waals surface area contributed by atoms with E-state index in [9.17, 15) is 9.59 Å². The molecule has 6 heteroatoms. The van der Waals surface area contributed by atoms with Gasteiger partial charge in [-0.15, -0.1) is 11.3 Å². The molecule has 0 unspecified atom stereocenters. The van der Waals surface area contributed by atoms with Crippen molar-refractivity contribution in [2.24, 2.45) is 11.7 Å². The molecule has 1 aromatic heterocycles. The minimum Gasteiger partial charge on any atom is -0.399 e. The fraction of sp³-hybridized carbons (Fsp3) is 0.333. The number of benzene rings is 1. The van der Waals surface area contributed by atoms with Crippen LogP contribution >= 0.6 is 11.3 Å². The van der Waals surface area contributed by atoms with Crippen LogP contribution in [0, 0.1) is 5.92 Å². The van der Waals surface area contributed by atoms with Crippen molar-refractivity contribution in [3.63, 3.8) is 0 Å². The lowest BCUT2D eigenvalue weighted by Crippen LogP contribution is -2.41. The summed E-state index contributed by atoms with van der Waals surface area (Å²) in [5, 5.41) is 0.996. The van der Waals surface area contributed by atoms with Crippen LogP contribution in [0.2, 0.25) is 0 Å². The summed E-state index contributed by atoms with van der Waals surface area (Å²) in [4.78, 5) is 26.2. The first-order chi connectivity index (χ1) is 10.0. The van der Waals surface area contributed by atoms with E-state index in [1.807, 2.05) is 24.3 Å². The molecule has 0 aliphatic carbocycles. The Morgan fingerprint density at radius 1 is 1.19 bits per heavy atom. The monoisotopic (exact) mass is 303 g/mol. The summed E-state index contributed by atoms with van der Waals surface area (Å²) in [5.41, 5.74) is 11.8. The van der Waals surface area contributed by atoms with Crippen molar-refractivity contribution >= 4 is 38.9 Å². The van der Waals surface area contributed by atoms with Gasteiger partial charge in [0.25, 0.3) is 5.91 Å². The molecule has 0 spiro atoms. The van der Waals surface area contributed by atoms with E-state index in [0.29, 0.717) is 36.5 Å². The minimum atomic E-state index is -0.264. The largest absolute Gasteiger partial charge is 0.399 e. The molecule has 3 rings (SSSR count). The summed E-state index contributed by atoms with van der Waals surface area (Å²) < 4.78 is 1.06. The van der Waals surface area contributed by atoms with E-state index in [-0.39, 0.29) is 17.7 Å². The van der Waals surface area contributed by atoms with Crippen molar-refractivity contribution < 1.29 is 9.59 Å². The highest BCUT2D eigenvalue weighted by molar-refractivity contribution is 7.20. The number of thiophene rings is 1. The van der Waals surface area contributed by atoms with E-state index in [4.69, 9.17) is 11.5 Å². The summed E-state index contributed by atoms with van der Waals surface area (Å²) >= 11 is 1.48. The summed E-state index contributed by atoms with van der Waals surface area (Å²) in [6, 6.07) is 7.54. The Balaban J connectivity index is 1.76. The number of hydrogen-bond donors (Lipinski definition) is 2. The fourth-order valence-electron chi connectivity index (χ4n) is 2.69. The lowest BCUT2D eigenvalue weighted by atomic mass is 9.96. The van der Waals surface area contributed by atoms with Gasteiger partial charge in [-0.3, -0.25) is 9.59 Å². The molecule has 5 nitrogen and oxygen atoms in total. The number of nitrogens with zero attached hydrogens (tertiary/aromatic N) is 1. The molecule has 2 aromatic rings. The van der Waals surface area contributed by atoms with Crippen molar-refractivity contribution in [1.29, 1.82) is 0 Å². The van der Waals surface area contributed by atoms with Crippen molar-refractivity contribution in [1.82, 2.24) is 4.90 Å². The lowest BCUT2D eigenvalue weighted by molar-refractivity contribution is -0.123. The normalized spacial score (nSPS) is 16.3. The Kier molecular flexibility index (Phi) is 3.55. The molecule has 0 atom stereocenters. The third kappa shape index (κ3) is 2.71. The number of amides is 2. The van der Waals surface area contributed by atoms with Gasteiger partial charge < -0.3 is 16.4 Å². The van der Waals surface area contributed by atoms with Crippen LogP contribution in [-0.2, 0) is 4.79 Å². The summed E-state index contributed by atoms with van der Waals surface area (Å²) in [6.45, 7) is 1.17. The van der Waals surface area contributed by atoms with Gasteiger partial charge in [0, 0.05) is 29.4 Å². The zero-order valence-corrected chi connectivity index (χ0v) is 12.4. The van der Waals surface area contributed by atoms with Crippen LogP contribution in [0.15, 0.2) is 24.3 Å². The maximum Gasteiger partial charge on any atom is 0.263 e. The highest BCUT2D eigenvalue weighted by Crippen LogP contribution is 2.29. The van der Waals surface area contributed by atoms with E-state index in [2.05, 4.69) is 0 Å². The van der Waals surface area contributed by atoms with Gasteiger partial charge in [0.15, 0.2) is 0 Å². The molecule has 110 valence electrons. The first-order valence-electron chi connectivity index (χ1n) is 6.92. The van der Waals surface area contributed by atoms with Gasteiger partial charge in [0.2, 0.25) is 5.91 Å². The molecular formula is C15H17N3O2S. The maximum atomic E-state index is 12.5. The fourth-order valence-corrected chi connectivity index (χ4v) is 3.70. The molecule has 2 heterocycles. The SMILES string of the molecule is NC(=O)C1CCN(C(=O)c2cc3cc(N)ccc3s2)CC1. The number of primary amides is 1. The predicted molar refractivity (Wildman–Crippen MR) is 84.1 cm³/mol. The number of nitrogens with two attached hydrogens (primary N) is 2. The second-order valence-corrected chi connectivity index (χ2v) is 6.46. The third-order valence-corrected chi connectivity index (χ3v) is 5.04. The standard InChI is InChI=1S/C15H17N3O2S/c16-11-1-2-12-10(7-11)8-13(21-12)15(20)18-5-3-9(4-6-18)14(17)19/h1-2,7-9H,3-6,16H2,(H2,17,19). The number of piperidine rings is 1. The van der Waals surface area contributed by atoms with E-state index in [1.54, 1.807) is 4.90 Å². The number of rotatable bonds is 2. The Morgan fingerprint density at radius 3 is 2.57 bits per heavy atom. The van der Waals surface area contributed by atoms with Crippen LogP contribution in [0.1, 0.15) is 22.5 Å². The zero-order chi connectivity index (χ0) is 15.0. The zero-order valence-electron chi connectivity index (χ0n) is 11.5. The second-order valence-electron chi connectivity index (χ2n) is 5.38. The van der Waals surface area contributed by atoms with Crippen LogP contribution in [-0.4, -0.2) is 29.8 Å².